The van der Waals surface area contributed by atoms with E-state index in [4.69, 9.17) is 0 Å². The van der Waals surface area contributed by atoms with Gasteiger partial charge in [0.25, 0.3) is 0 Å². The number of hydrogen-bond donors (Lipinski definition) is 1. The molecule has 5 nitrogen and oxygen atoms in total. The van der Waals surface area contributed by atoms with Crippen molar-refractivity contribution in [1.82, 2.24) is 15.2 Å². The van der Waals surface area contributed by atoms with E-state index in [1.54, 1.807) is 0 Å². The van der Waals surface area contributed by atoms with Crippen LogP contribution in [0.15, 0.2) is 42.5 Å². The zero-order valence-corrected chi connectivity index (χ0v) is 11.5. The van der Waals surface area contributed by atoms with E-state index in [1.165, 1.54) is 0 Å². The molecule has 0 aliphatic rings. The Bertz CT molecular complexity index is 835. The molecule has 0 amide bonds. The Hall–Kier alpha value is -3.00. The second-order valence-electron chi connectivity index (χ2n) is 4.68. The van der Waals surface area contributed by atoms with E-state index in [1.807, 2.05) is 49.4 Å². The van der Waals surface area contributed by atoms with Crippen molar-refractivity contribution >= 4 is 16.6 Å². The number of hydrogen-bond acceptors (Lipinski definition) is 5. The Morgan fingerprint density at radius 3 is 2.76 bits per heavy atom. The molecule has 0 unspecified atom stereocenters. The minimum absolute atomic E-state index is 0.293. The third kappa shape index (κ3) is 2.65. The van der Waals surface area contributed by atoms with E-state index in [9.17, 15) is 5.26 Å². The SMILES string of the molecule is Cc1cccc(CNc2c(C#N)nnc3ccccc23)n1. The molecule has 5 heteroatoms. The summed E-state index contributed by atoms with van der Waals surface area (Å²) in [7, 11) is 0. The number of nitriles is 1. The summed E-state index contributed by atoms with van der Waals surface area (Å²) in [6.07, 6.45) is 0. The van der Waals surface area contributed by atoms with Crippen LogP contribution in [0.2, 0.25) is 0 Å². The van der Waals surface area contributed by atoms with E-state index >= 15 is 0 Å². The zero-order chi connectivity index (χ0) is 14.7. The molecule has 0 atom stereocenters. The smallest absolute Gasteiger partial charge is 0.186 e. The summed E-state index contributed by atoms with van der Waals surface area (Å²) in [4.78, 5) is 4.44. The van der Waals surface area contributed by atoms with Gasteiger partial charge in [-0.3, -0.25) is 4.98 Å². The summed E-state index contributed by atoms with van der Waals surface area (Å²) in [5.74, 6) is 0. The molecule has 0 bridgehead atoms. The Kier molecular flexibility index (Phi) is 3.44. The molecule has 21 heavy (non-hydrogen) atoms. The summed E-state index contributed by atoms with van der Waals surface area (Å²) in [6.45, 7) is 2.49. The van der Waals surface area contributed by atoms with Gasteiger partial charge in [0.05, 0.1) is 23.4 Å². The lowest BCUT2D eigenvalue weighted by Gasteiger charge is -2.10. The Labute approximate surface area is 122 Å². The van der Waals surface area contributed by atoms with Crippen molar-refractivity contribution in [3.05, 3.63) is 59.5 Å². The van der Waals surface area contributed by atoms with Gasteiger partial charge < -0.3 is 5.32 Å². The predicted molar refractivity (Wildman–Crippen MR) is 80.6 cm³/mol. The standard InChI is InChI=1S/C16H13N5/c1-11-5-4-6-12(19-11)10-18-16-13-7-2-3-8-14(13)20-21-15(16)9-17/h2-8H,10H2,1H3,(H,18,20). The molecule has 0 aliphatic heterocycles. The lowest BCUT2D eigenvalue weighted by atomic mass is 10.1. The zero-order valence-electron chi connectivity index (χ0n) is 11.5. The van der Waals surface area contributed by atoms with Crippen LogP contribution in [0.3, 0.4) is 0 Å². The van der Waals surface area contributed by atoms with Crippen LogP contribution in [0, 0.1) is 18.3 Å². The molecule has 0 spiro atoms. The second-order valence-corrected chi connectivity index (χ2v) is 4.68. The summed E-state index contributed by atoms with van der Waals surface area (Å²) < 4.78 is 0. The fraction of sp³-hybridized carbons (Fsp3) is 0.125. The van der Waals surface area contributed by atoms with Gasteiger partial charge in [-0.15, -0.1) is 10.2 Å². The predicted octanol–water partition coefficient (Wildman–Crippen LogP) is 2.82. The summed E-state index contributed by atoms with van der Waals surface area (Å²) in [5, 5.41) is 21.4. The quantitative estimate of drug-likeness (QED) is 0.795. The molecule has 102 valence electrons. The average Bonchev–Trinajstić information content (AvgIpc) is 2.52. The van der Waals surface area contributed by atoms with Crippen molar-refractivity contribution in [2.75, 3.05) is 5.32 Å². The number of aromatic nitrogens is 3. The molecule has 3 aromatic rings. The topological polar surface area (TPSA) is 74.5 Å². The average molecular weight is 275 g/mol. The van der Waals surface area contributed by atoms with Gasteiger partial charge in [-0.25, -0.2) is 0 Å². The van der Waals surface area contributed by atoms with Gasteiger partial charge in [-0.2, -0.15) is 5.26 Å². The summed E-state index contributed by atoms with van der Waals surface area (Å²) in [5.41, 5.74) is 3.64. The molecule has 1 aromatic carbocycles. The maximum Gasteiger partial charge on any atom is 0.186 e. The van der Waals surface area contributed by atoms with Crippen LogP contribution in [0.4, 0.5) is 5.69 Å². The minimum Gasteiger partial charge on any atom is -0.376 e. The molecule has 0 fully saturated rings. The number of fused-ring (bicyclic) bond motifs is 1. The maximum atomic E-state index is 9.21. The van der Waals surface area contributed by atoms with Gasteiger partial charge >= 0.3 is 0 Å². The molecular formula is C16H13N5. The third-order valence-corrected chi connectivity index (χ3v) is 3.17. The Morgan fingerprint density at radius 1 is 1.10 bits per heavy atom. The van der Waals surface area contributed by atoms with Crippen molar-refractivity contribution in [1.29, 1.82) is 5.26 Å². The molecule has 0 saturated heterocycles. The highest BCUT2D eigenvalue weighted by molar-refractivity contribution is 5.92. The third-order valence-electron chi connectivity index (χ3n) is 3.17. The highest BCUT2D eigenvalue weighted by Crippen LogP contribution is 2.24. The number of nitrogens with zero attached hydrogens (tertiary/aromatic N) is 4. The Balaban J connectivity index is 1.98. The van der Waals surface area contributed by atoms with Gasteiger partial charge in [0.1, 0.15) is 6.07 Å². The first kappa shape index (κ1) is 13.0. The van der Waals surface area contributed by atoms with Crippen LogP contribution in [-0.4, -0.2) is 15.2 Å². The van der Waals surface area contributed by atoms with Crippen LogP contribution in [-0.2, 0) is 6.54 Å². The molecule has 0 aliphatic carbocycles. The van der Waals surface area contributed by atoms with Gasteiger partial charge in [0.15, 0.2) is 5.69 Å². The monoisotopic (exact) mass is 275 g/mol. The van der Waals surface area contributed by atoms with Crippen molar-refractivity contribution < 1.29 is 0 Å². The first-order valence-corrected chi connectivity index (χ1v) is 6.60. The van der Waals surface area contributed by atoms with Crippen LogP contribution in [0.25, 0.3) is 10.9 Å². The van der Waals surface area contributed by atoms with E-state index in [-0.39, 0.29) is 0 Å². The minimum atomic E-state index is 0.293. The molecule has 1 N–H and O–H groups in total. The van der Waals surface area contributed by atoms with Crippen molar-refractivity contribution in [3.8, 4) is 6.07 Å². The highest BCUT2D eigenvalue weighted by Gasteiger charge is 2.10. The van der Waals surface area contributed by atoms with E-state index in [2.05, 4.69) is 26.6 Å². The first-order valence-electron chi connectivity index (χ1n) is 6.60. The normalized spacial score (nSPS) is 10.3. The van der Waals surface area contributed by atoms with E-state index in [0.717, 1.165) is 22.3 Å². The lowest BCUT2D eigenvalue weighted by molar-refractivity contribution is 0.999. The molecular weight excluding hydrogens is 262 g/mol. The number of benzene rings is 1. The van der Waals surface area contributed by atoms with Crippen LogP contribution >= 0.6 is 0 Å². The number of nitrogens with one attached hydrogen (secondary N) is 1. The van der Waals surface area contributed by atoms with Gasteiger partial charge in [-0.05, 0) is 25.1 Å². The maximum absolute atomic E-state index is 9.21. The number of anilines is 1. The fourth-order valence-electron chi connectivity index (χ4n) is 2.19. The molecule has 0 saturated carbocycles. The fourth-order valence-corrected chi connectivity index (χ4v) is 2.19. The number of aryl methyl sites for hydroxylation is 1. The Morgan fingerprint density at radius 2 is 1.95 bits per heavy atom. The summed E-state index contributed by atoms with van der Waals surface area (Å²) in [6, 6.07) is 15.6. The van der Waals surface area contributed by atoms with Crippen molar-refractivity contribution in [2.45, 2.75) is 13.5 Å². The van der Waals surface area contributed by atoms with Gasteiger partial charge in [0, 0.05) is 11.1 Å². The second kappa shape index (κ2) is 5.55. The van der Waals surface area contributed by atoms with Gasteiger partial charge in [0.2, 0.25) is 0 Å². The number of pyridine rings is 1. The van der Waals surface area contributed by atoms with Crippen LogP contribution in [0.5, 0.6) is 0 Å². The number of rotatable bonds is 3. The molecule has 2 aromatic heterocycles. The first-order chi connectivity index (χ1) is 10.3. The van der Waals surface area contributed by atoms with Gasteiger partial charge in [-0.1, -0.05) is 24.3 Å². The van der Waals surface area contributed by atoms with E-state index < -0.39 is 0 Å². The summed E-state index contributed by atoms with van der Waals surface area (Å²) >= 11 is 0. The van der Waals surface area contributed by atoms with Crippen molar-refractivity contribution in [2.24, 2.45) is 0 Å². The van der Waals surface area contributed by atoms with Crippen LogP contribution in [0.1, 0.15) is 17.1 Å². The van der Waals surface area contributed by atoms with E-state index in [0.29, 0.717) is 17.9 Å². The van der Waals surface area contributed by atoms with Crippen LogP contribution < -0.4 is 5.32 Å². The molecule has 2 heterocycles. The lowest BCUT2D eigenvalue weighted by Crippen LogP contribution is -2.06. The largest absolute Gasteiger partial charge is 0.376 e. The highest BCUT2D eigenvalue weighted by atomic mass is 15.1. The van der Waals surface area contributed by atoms with Crippen molar-refractivity contribution in [3.63, 3.8) is 0 Å². The molecule has 0 radical (unpaired) electrons. The molecule has 3 rings (SSSR count).